The molecular formula is C81H82Cl3F6N21O7S. The van der Waals surface area contributed by atoms with Gasteiger partial charge in [-0.15, -0.1) is 0 Å². The maximum atomic E-state index is 13.3. The van der Waals surface area contributed by atoms with Gasteiger partial charge in [0.15, 0.2) is 0 Å². The van der Waals surface area contributed by atoms with Gasteiger partial charge >= 0.3 is 24.4 Å². The highest BCUT2D eigenvalue weighted by molar-refractivity contribution is 7.92. The molecule has 38 heteroatoms. The van der Waals surface area contributed by atoms with E-state index in [9.17, 15) is 58.7 Å². The van der Waals surface area contributed by atoms with E-state index in [0.717, 1.165) is 125 Å². The van der Waals surface area contributed by atoms with E-state index in [-0.39, 0.29) is 47.9 Å². The van der Waals surface area contributed by atoms with E-state index >= 15 is 0 Å². The van der Waals surface area contributed by atoms with Crippen LogP contribution in [0.4, 0.5) is 75.7 Å². The molecule has 12 aromatic rings. The molecule has 0 unspecified atom stereocenters. The van der Waals surface area contributed by atoms with Crippen molar-refractivity contribution in [2.45, 2.75) is 99.6 Å². The monoisotopic (exact) mass is 1710 g/mol. The number of H-pyrrole nitrogens is 5. The number of halogens is 9. The second-order valence-electron chi connectivity index (χ2n) is 31.0. The molecule has 622 valence electrons. The number of likely N-dealkylation sites (N-methyl/N-ethyl adjacent to an activating group) is 1. The summed E-state index contributed by atoms with van der Waals surface area (Å²) < 4.78 is 105. The van der Waals surface area contributed by atoms with Crippen LogP contribution in [-0.4, -0.2) is 201 Å². The fourth-order valence-electron chi connectivity index (χ4n) is 17.8. The van der Waals surface area contributed by atoms with Crippen LogP contribution < -0.4 is 44.8 Å². The van der Waals surface area contributed by atoms with Crippen LogP contribution in [0.5, 0.6) is 0 Å². The van der Waals surface area contributed by atoms with Crippen LogP contribution in [0.15, 0.2) is 146 Å². The highest BCUT2D eigenvalue weighted by Gasteiger charge is 2.53. The lowest BCUT2D eigenvalue weighted by Gasteiger charge is -2.56. The molecule has 5 aromatic heterocycles. The first-order chi connectivity index (χ1) is 56.9. The lowest BCUT2D eigenvalue weighted by molar-refractivity contribution is -0.140. The number of rotatable bonds is 7. The molecular weight excluding hydrogens is 1630 g/mol. The molecule has 0 bridgehead atoms. The van der Waals surface area contributed by atoms with Gasteiger partial charge < -0.3 is 39.6 Å². The average molecular weight is 1710 g/mol. The molecule has 7 amide bonds. The number of amides is 7. The van der Waals surface area contributed by atoms with E-state index in [4.69, 9.17) is 34.8 Å². The number of carbonyl (C=O) groups is 5. The number of urea groups is 2. The maximum absolute atomic E-state index is 13.3. The third-order valence-electron chi connectivity index (χ3n) is 24.1. The summed E-state index contributed by atoms with van der Waals surface area (Å²) in [5.41, 5.74) is 6.67. The van der Waals surface area contributed by atoms with Crippen LogP contribution in [0.1, 0.15) is 87.3 Å². The zero-order valence-electron chi connectivity index (χ0n) is 64.6. The normalized spacial score (nSPS) is 18.5. The van der Waals surface area contributed by atoms with Crippen molar-refractivity contribution in [1.29, 1.82) is 0 Å². The van der Waals surface area contributed by atoms with Gasteiger partial charge in [0.05, 0.1) is 105 Å². The van der Waals surface area contributed by atoms with E-state index in [1.165, 1.54) is 52.1 Å². The number of para-hydroxylation sites is 2. The highest BCUT2D eigenvalue weighted by Crippen LogP contribution is 2.47. The Bertz CT molecular complexity index is 5990. The van der Waals surface area contributed by atoms with Crippen LogP contribution in [0.3, 0.4) is 0 Å². The number of nitrogens with one attached hydrogen (secondary N) is 8. The second-order valence-corrected chi connectivity index (χ2v) is 34.3. The summed E-state index contributed by atoms with van der Waals surface area (Å²) in [6.07, 6.45) is 8.18. The van der Waals surface area contributed by atoms with Crippen LogP contribution in [-0.2, 0) is 36.8 Å². The highest BCUT2D eigenvalue weighted by atomic mass is 35.5. The standard InChI is InChI=1S/C18H18ClN3.C17H15F3N4O2S.C16H19ClN4O.C15H16ClN5O2.C15H14F3N5O2/c19-15-10-17-16(12-20-21-17)18(11-15)22-8-6-14(7-9-22)13-4-2-1-3-5-13;1-27(25,26)24-7-6-23(14-4-2-3-5-15(14)24)16-9-11(17(18,19)20)8-13-12(16)10-21-22-13;1-11(22)21-6-5-20(10-16(21)3-2-4-16)15-8-12(17)7-14-13(15)9-18-19-14;1-20-14(23)18-13(22)15(20)2-4-21(5-3-15)12-7-9(16)6-11-10(12)8-17-19-11;16-15(17,18)8-5-10-9(7-19-22-10)11(6-8)23-3-1-14(2-4-23)12(24)20-13(25)21-14/h1-5,10-12,14H,6-9H2,(H,20,21);2-5,8-10H,6-7H2,1H3,(H,21,22);7-9H,2-6,10H2,1H3,(H,18,19);6-8H,2-5H2,1H3,(H,17,19)(H,18,22,23);5-7H,1-4H2,(H,19,22)(H2,20,21,24,25). The predicted molar refractivity (Wildman–Crippen MR) is 444 cm³/mol. The minimum Gasteiger partial charge on any atom is -0.371 e. The molecule has 119 heavy (non-hydrogen) atoms. The van der Waals surface area contributed by atoms with Crippen LogP contribution >= 0.6 is 34.8 Å². The van der Waals surface area contributed by atoms with Crippen molar-refractivity contribution in [3.63, 3.8) is 0 Å². The van der Waals surface area contributed by atoms with Crippen molar-refractivity contribution in [1.82, 2.24) is 76.7 Å². The lowest BCUT2D eigenvalue weighted by Crippen LogP contribution is -2.66. The number of fused-ring (bicyclic) bond motifs is 6. The van der Waals surface area contributed by atoms with Gasteiger partial charge in [-0.05, 0) is 142 Å². The molecule has 0 radical (unpaired) electrons. The molecule has 1 aliphatic carbocycles. The van der Waals surface area contributed by atoms with Gasteiger partial charge in [0.2, 0.25) is 15.9 Å². The number of imide groups is 2. The predicted octanol–water partition coefficient (Wildman–Crippen LogP) is 14.4. The number of nitrogens with zero attached hydrogens (tertiary/aromatic N) is 13. The number of piperazine rings is 1. The van der Waals surface area contributed by atoms with Gasteiger partial charge in [0, 0.05) is 144 Å². The summed E-state index contributed by atoms with van der Waals surface area (Å²) in [4.78, 5) is 73.4. The summed E-state index contributed by atoms with van der Waals surface area (Å²) in [5.74, 6) is 0.286. The Morgan fingerprint density at radius 2 is 0.916 bits per heavy atom. The SMILES string of the molecule is CC(=O)N1CCN(c2cc(Cl)cc3[nH]ncc23)CC12CCC2.CN1C(=O)NC(=O)C12CCN(c1cc(Cl)cc3[nH]ncc13)CC2.CS(=O)(=O)N1CCN(c2cc(C(F)(F)F)cc3[nH]ncc23)c2ccccc21.Clc1cc(N2CCC(c3ccccc3)CC2)c2cn[nH]c2c1.O=C1NC(=O)C2(CCN(c3cc(C(F)(F)F)cc4[nH]ncc34)CC2)N1. The first-order valence-electron chi connectivity index (χ1n) is 38.7. The maximum Gasteiger partial charge on any atom is 0.416 e. The Balaban J connectivity index is 0.000000111. The minimum absolute atomic E-state index is 0.0163. The van der Waals surface area contributed by atoms with Crippen molar-refractivity contribution in [2.24, 2.45) is 0 Å². The largest absolute Gasteiger partial charge is 0.416 e. The molecule has 1 saturated carbocycles. The number of sulfonamides is 1. The number of hydrogen-bond acceptors (Lipinski definition) is 17. The van der Waals surface area contributed by atoms with Crippen LogP contribution in [0.25, 0.3) is 54.5 Å². The molecule has 0 atom stereocenters. The number of hydrogen-bond donors (Lipinski definition) is 8. The van der Waals surface area contributed by atoms with Crippen molar-refractivity contribution in [2.75, 3.05) is 114 Å². The quantitative estimate of drug-likeness (QED) is 0.0543. The third kappa shape index (κ3) is 16.0. The fourth-order valence-corrected chi connectivity index (χ4v) is 19.3. The Morgan fingerprint density at radius 3 is 1.35 bits per heavy atom. The zero-order valence-corrected chi connectivity index (χ0v) is 67.6. The average Bonchev–Trinajstić information content (AvgIpc) is 1.34. The van der Waals surface area contributed by atoms with E-state index < -0.39 is 50.6 Å². The van der Waals surface area contributed by atoms with Gasteiger partial charge in [-0.3, -0.25) is 54.8 Å². The molecule has 8 aliphatic rings. The Hall–Kier alpha value is -11.6. The number of carbonyl (C=O) groups excluding carboxylic acids is 5. The minimum atomic E-state index is -4.51. The van der Waals surface area contributed by atoms with Gasteiger partial charge in [-0.2, -0.15) is 51.8 Å². The zero-order chi connectivity index (χ0) is 83.7. The topological polar surface area (TPSA) is 325 Å². The Labute approximate surface area is 692 Å². The first-order valence-corrected chi connectivity index (χ1v) is 41.7. The third-order valence-corrected chi connectivity index (χ3v) is 26.0. The van der Waals surface area contributed by atoms with E-state index in [0.29, 0.717) is 107 Å². The molecule has 20 rings (SSSR count). The Kier molecular flexibility index (Phi) is 21.8. The molecule has 3 spiro atoms. The number of benzene rings is 7. The molecule has 28 nitrogen and oxygen atoms in total. The smallest absolute Gasteiger partial charge is 0.371 e. The number of anilines is 7. The molecule has 12 heterocycles. The van der Waals surface area contributed by atoms with E-state index in [1.807, 2.05) is 42.7 Å². The van der Waals surface area contributed by atoms with Crippen molar-refractivity contribution < 1.29 is 58.7 Å². The Morgan fingerprint density at radius 1 is 0.479 bits per heavy atom. The molecule has 7 aliphatic heterocycles. The summed E-state index contributed by atoms with van der Waals surface area (Å²) >= 11 is 18.7. The second kappa shape index (κ2) is 32.0. The summed E-state index contributed by atoms with van der Waals surface area (Å²) in [7, 11) is -1.82. The van der Waals surface area contributed by atoms with Crippen molar-refractivity contribution >= 4 is 169 Å². The van der Waals surface area contributed by atoms with Crippen molar-refractivity contribution in [3.05, 3.63) is 178 Å². The van der Waals surface area contributed by atoms with Gasteiger partial charge in [0.1, 0.15) is 11.1 Å². The number of alkyl halides is 6. The molecule has 7 aromatic carbocycles. The summed E-state index contributed by atoms with van der Waals surface area (Å²) in [6, 6.07) is 32.6. The number of aromatic amines is 5. The van der Waals surface area contributed by atoms with Gasteiger partial charge in [0.25, 0.3) is 11.8 Å². The molecule has 7 fully saturated rings. The summed E-state index contributed by atoms with van der Waals surface area (Å²) in [5, 5.41) is 47.9. The fraction of sp³-hybridized carbons (Fsp3) is 0.358. The van der Waals surface area contributed by atoms with E-state index in [1.54, 1.807) is 54.2 Å². The van der Waals surface area contributed by atoms with Crippen LogP contribution in [0, 0.1) is 0 Å². The van der Waals surface area contributed by atoms with Gasteiger partial charge in [-0.1, -0.05) is 77.3 Å². The summed E-state index contributed by atoms with van der Waals surface area (Å²) in [6.45, 7) is 8.67. The van der Waals surface area contributed by atoms with E-state index in [2.05, 4.69) is 123 Å². The van der Waals surface area contributed by atoms with Crippen LogP contribution in [0.2, 0.25) is 15.1 Å². The van der Waals surface area contributed by atoms with Crippen molar-refractivity contribution in [3.8, 4) is 0 Å². The first kappa shape index (κ1) is 81.2. The molecule has 6 saturated heterocycles. The lowest BCUT2D eigenvalue weighted by atomic mass is 9.73. The number of piperidine rings is 3. The van der Waals surface area contributed by atoms with Gasteiger partial charge in [-0.25, -0.2) is 18.0 Å². The number of aromatic nitrogens is 10. The molecule has 8 N–H and O–H groups in total.